The minimum absolute atomic E-state index is 0. The van der Waals surface area contributed by atoms with Crippen LogP contribution < -0.4 is 21.7 Å². The Morgan fingerprint density at radius 1 is 0.625 bits per heavy atom. The number of nitrogens with two attached hydrogens (primary N) is 1. The van der Waals surface area contributed by atoms with Gasteiger partial charge in [-0.3, -0.25) is 30.3 Å². The van der Waals surface area contributed by atoms with Crippen LogP contribution in [0.25, 0.3) is 10.6 Å². The van der Waals surface area contributed by atoms with E-state index >= 15 is 0 Å². The zero-order valence-corrected chi connectivity index (χ0v) is 40.5. The smallest absolute Gasteiger partial charge is 0.661 e. The van der Waals surface area contributed by atoms with Crippen LogP contribution in [-0.4, -0.2) is 98.6 Å². The number of carbonyl (C=O) groups excluding carboxylic acids is 2. The molecule has 21 heteroatoms. The molecule has 3 saturated heterocycles. The Hall–Kier alpha value is -3.55. The molecule has 3 aliphatic rings. The van der Waals surface area contributed by atoms with Gasteiger partial charge in [-0.2, -0.15) is 0 Å². The molecule has 3 aliphatic heterocycles. The summed E-state index contributed by atoms with van der Waals surface area (Å²) < 4.78 is 8.85. The number of nitrogens with one attached hydrogen (secondary N) is 3. The molecule has 3 aromatic rings. The van der Waals surface area contributed by atoms with Crippen molar-refractivity contribution in [2.45, 2.75) is 88.4 Å². The molecule has 3 heterocycles. The van der Waals surface area contributed by atoms with Gasteiger partial charge in [-0.1, -0.05) is 118 Å². The number of alkyl carbamates (subject to hydrolysis) is 2. The van der Waals surface area contributed by atoms with Crippen LogP contribution in [0.4, 0.5) is 26.7 Å². The quantitative estimate of drug-likeness (QED) is 0.106. The molecule has 0 spiro atoms. The summed E-state index contributed by atoms with van der Waals surface area (Å²) >= 11 is 0. The maximum atomic E-state index is 10.6. The van der Waals surface area contributed by atoms with Crippen molar-refractivity contribution in [3.05, 3.63) is 147 Å². The number of carbonyl (C=O) groups is 2. The predicted octanol–water partition coefficient (Wildman–Crippen LogP) is 10.3. The molecule has 5 N–H and O–H groups in total. The van der Waals surface area contributed by atoms with E-state index in [9.17, 15) is 39.9 Å². The molecule has 2 amide bonds. The van der Waals surface area contributed by atoms with Gasteiger partial charge in [-0.25, -0.2) is 9.59 Å². The van der Waals surface area contributed by atoms with Crippen molar-refractivity contribution < 1.29 is 101 Å². The summed E-state index contributed by atoms with van der Waals surface area (Å²) in [7, 11) is 2.74. The zero-order chi connectivity index (χ0) is 41.3. The molecule has 3 atom stereocenters. The van der Waals surface area contributed by atoms with Crippen molar-refractivity contribution in [2.24, 2.45) is 5.73 Å². The molecule has 64 heavy (non-hydrogen) atoms. The van der Waals surface area contributed by atoms with Crippen molar-refractivity contribution in [3.8, 4) is 0 Å². The first-order chi connectivity index (χ1) is 26.5. The Morgan fingerprint density at radius 2 is 0.953 bits per heavy atom. The second-order valence-corrected chi connectivity index (χ2v) is 11.0. The Balaban J connectivity index is -0.0000000578. The van der Waals surface area contributed by atoms with E-state index in [1.807, 2.05) is 13.8 Å². The molecule has 0 saturated carbocycles. The van der Waals surface area contributed by atoms with Gasteiger partial charge in [0, 0.05) is 120 Å². The van der Waals surface area contributed by atoms with Crippen molar-refractivity contribution >= 4 is 29.2 Å². The Kier molecular flexibility index (Phi) is 72.9. The first-order valence-electron chi connectivity index (χ1n) is 17.5. The first-order valence-corrected chi connectivity index (χ1v) is 17.5. The van der Waals surface area contributed by atoms with Gasteiger partial charge in [-0.15, -0.1) is 26.2 Å². The minimum atomic E-state index is -0.417. The van der Waals surface area contributed by atoms with Gasteiger partial charge in [0.25, 0.3) is 17.1 Å². The molecule has 2 radical (unpaired) electrons. The van der Waals surface area contributed by atoms with Gasteiger partial charge < -0.3 is 56.6 Å². The largest absolute Gasteiger partial charge is 1.00 e. The van der Waals surface area contributed by atoms with Crippen molar-refractivity contribution in [1.29, 1.82) is 0 Å². The summed E-state index contributed by atoms with van der Waals surface area (Å²) in [6.45, 7) is 9.30. The van der Waals surface area contributed by atoms with Crippen LogP contribution in [0.1, 0.15) is 71.7 Å². The molecule has 19 nitrogen and oxygen atoms in total. The second-order valence-electron chi connectivity index (χ2n) is 11.0. The summed E-state index contributed by atoms with van der Waals surface area (Å²) in [6.07, 6.45) is 2.33. The normalized spacial score (nSPS) is 14.7. The molecule has 0 bridgehead atoms. The zero-order valence-electron chi connectivity index (χ0n) is 35.8. The third kappa shape index (κ3) is 45.0. The van der Waals surface area contributed by atoms with E-state index < -0.39 is 14.8 Å². The maximum absolute atomic E-state index is 10.6. The summed E-state index contributed by atoms with van der Waals surface area (Å²) in [6, 6.07) is 24.6. The van der Waals surface area contributed by atoms with Crippen LogP contribution in [0.2, 0.25) is 0 Å². The third-order valence-electron chi connectivity index (χ3n) is 6.98. The van der Waals surface area contributed by atoms with E-state index in [4.69, 9.17) is 5.73 Å². The Labute approximate surface area is 437 Å². The molecule has 0 aromatic heterocycles. The van der Waals surface area contributed by atoms with E-state index in [2.05, 4.69) is 36.1 Å². The number of para-hydroxylation sites is 3. The number of non-ortho nitro benzene ring substituents is 3. The van der Waals surface area contributed by atoms with Crippen LogP contribution in [0.3, 0.4) is 0 Å². The van der Waals surface area contributed by atoms with Crippen LogP contribution in [0, 0.1) is 45.2 Å². The first kappa shape index (κ1) is 83.9. The number of hydrogen-bond acceptors (Lipinski definition) is 12. The second kappa shape index (κ2) is 55.6. The predicted molar refractivity (Wildman–Crippen MR) is 258 cm³/mol. The molecular formula is C43H80N9O10Y2-3. The fraction of sp³-hybridized carbons (Fsp3) is 0.488. The summed E-state index contributed by atoms with van der Waals surface area (Å²) in [5, 5.41) is 46.7. The minimum Gasteiger partial charge on any atom is -0.661 e. The molecule has 3 fully saturated rings. The third-order valence-corrected chi connectivity index (χ3v) is 6.98. The van der Waals surface area contributed by atoms with Crippen molar-refractivity contribution in [2.75, 3.05) is 53.5 Å². The molecule has 3 aromatic carbocycles. The summed E-state index contributed by atoms with van der Waals surface area (Å²) in [5.74, 6) is 0. The van der Waals surface area contributed by atoms with Gasteiger partial charge in [0.1, 0.15) is 0 Å². The topological polar surface area (TPSA) is 272 Å². The fourth-order valence-corrected chi connectivity index (χ4v) is 4.19. The number of amides is 2. The molecule has 0 aliphatic carbocycles. The van der Waals surface area contributed by atoms with E-state index in [0.29, 0.717) is 6.04 Å². The van der Waals surface area contributed by atoms with E-state index in [0.717, 1.165) is 58.5 Å². The molecule has 3 unspecified atom stereocenters. The monoisotopic (exact) mass is 1060 g/mol. The fourth-order valence-electron chi connectivity index (χ4n) is 4.19. The number of rotatable bonds is 5. The van der Waals surface area contributed by atoms with Gasteiger partial charge in [0.2, 0.25) is 0 Å². The van der Waals surface area contributed by atoms with E-state index in [-0.39, 0.29) is 160 Å². The van der Waals surface area contributed by atoms with Gasteiger partial charge in [0.05, 0.1) is 29.0 Å². The number of methoxy groups -OCH3 is 2. The van der Waals surface area contributed by atoms with E-state index in [1.165, 1.54) is 50.6 Å². The summed E-state index contributed by atoms with van der Waals surface area (Å²) in [4.78, 5) is 50.0. The maximum Gasteiger partial charge on any atom is 1.00 e. The van der Waals surface area contributed by atoms with Crippen molar-refractivity contribution in [3.63, 3.8) is 0 Å². The summed E-state index contributed by atoms with van der Waals surface area (Å²) in [5.41, 5.74) is 5.85. The molecule has 366 valence electrons. The van der Waals surface area contributed by atoms with Crippen LogP contribution >= 0.6 is 0 Å². The number of nitrogens with zero attached hydrogens (tertiary/aromatic N) is 5. The standard InChI is InChI=1S/C6H12N2O2.C6H11N2O2.3C6H5NO2.C4H9N2.C2H6.5CH4.2CH3.2Y/c2*1-10-6(9)8-5-2-3-7-4-5;3*8-7(9)6-4-2-1-3-5-6;5-4-1-2-6-3-4;1-2;;;;;;;;;/h5,7H,2-4H2,1H3,(H,8,9);5H,2-4H2,1H3,(H,8,9);3*1-5H;4H,1-3,5H2;1-2H3;5*1H4;2*1H3;;/q;-1;;;;-1;;;;;;;2*-1;;/p+1. The number of hydrogen-bond donors (Lipinski definition) is 4. The average molecular weight is 1060 g/mol. The van der Waals surface area contributed by atoms with Crippen molar-refractivity contribution in [1.82, 2.24) is 16.0 Å². The van der Waals surface area contributed by atoms with Crippen LogP contribution in [-0.2, 0) is 74.9 Å². The number of nitro groups is 3. The number of ether oxygens (including phenoxy) is 2. The SMILES string of the molecule is C.C.C.C.C.CC.COC(=O)NC1CCNC1.COC(=O)NC1CC[N-]C1.NC1CC[N-]C1.O=[N+]([O-])c1ccccc1.O=[N+]([O-])c1ccccc1.O=[N+]([O-])c1ccccc1.[CH3-].[CH3-].[H+].[Y].[Y]. The average Bonchev–Trinajstić information content (AvgIpc) is 4.04. The van der Waals surface area contributed by atoms with Crippen LogP contribution in [0.15, 0.2) is 91.0 Å². The molecule has 6 rings (SSSR count). The number of nitro benzene ring substituents is 3. The number of benzene rings is 3. The molecular weight excluding hydrogens is 980 g/mol. The van der Waals surface area contributed by atoms with Gasteiger partial charge in [0.15, 0.2) is 0 Å². The van der Waals surface area contributed by atoms with Crippen LogP contribution in [0.5, 0.6) is 0 Å². The Morgan fingerprint density at radius 3 is 1.16 bits per heavy atom. The Bertz CT molecular complexity index is 1340. The van der Waals surface area contributed by atoms with E-state index in [1.54, 1.807) is 54.6 Å². The van der Waals surface area contributed by atoms with Gasteiger partial charge >= 0.3 is 13.6 Å². The van der Waals surface area contributed by atoms with Gasteiger partial charge in [-0.05, 0) is 19.0 Å².